The Morgan fingerprint density at radius 2 is 2.00 bits per heavy atom. The Labute approximate surface area is 102 Å². The number of carbonyl (C=O) groups excluding carboxylic acids is 1. The van der Waals surface area contributed by atoms with E-state index in [2.05, 4.69) is 20.9 Å². The van der Waals surface area contributed by atoms with Crippen LogP contribution in [-0.2, 0) is 6.42 Å². The number of fused-ring (bicyclic) bond motifs is 3. The molecule has 0 saturated heterocycles. The van der Waals surface area contributed by atoms with Crippen molar-refractivity contribution in [3.63, 3.8) is 0 Å². The minimum Gasteiger partial charge on any atom is -0.358 e. The molecule has 0 bridgehead atoms. The first-order chi connectivity index (χ1) is 7.75. The van der Waals surface area contributed by atoms with Crippen molar-refractivity contribution in [1.29, 1.82) is 0 Å². The SMILES string of the molecule is O=C1CCCCc2[nH]c3ccc(Br)cc3c21. The average Bonchev–Trinajstić information content (AvgIpc) is 2.51. The van der Waals surface area contributed by atoms with E-state index in [0.29, 0.717) is 6.42 Å². The minimum absolute atomic E-state index is 0.289. The third-order valence-electron chi connectivity index (χ3n) is 3.20. The lowest BCUT2D eigenvalue weighted by atomic mass is 10.1. The number of carbonyl (C=O) groups is 1. The number of aromatic amines is 1. The molecule has 82 valence electrons. The van der Waals surface area contributed by atoms with Crippen molar-refractivity contribution in [2.45, 2.75) is 25.7 Å². The van der Waals surface area contributed by atoms with Crippen LogP contribution in [0.25, 0.3) is 10.9 Å². The second-order valence-electron chi connectivity index (χ2n) is 4.30. The molecule has 1 N–H and O–H groups in total. The molecule has 1 aliphatic carbocycles. The molecule has 2 aromatic rings. The summed E-state index contributed by atoms with van der Waals surface area (Å²) in [5.74, 6) is 0.289. The van der Waals surface area contributed by atoms with E-state index in [1.54, 1.807) is 0 Å². The van der Waals surface area contributed by atoms with E-state index < -0.39 is 0 Å². The number of H-pyrrole nitrogens is 1. The molecule has 1 aliphatic rings. The molecular formula is C13H12BrNO. The summed E-state index contributed by atoms with van der Waals surface area (Å²) in [5, 5.41) is 1.07. The number of nitrogens with one attached hydrogen (secondary N) is 1. The van der Waals surface area contributed by atoms with Crippen LogP contribution in [0, 0.1) is 0 Å². The Kier molecular flexibility index (Phi) is 2.36. The monoisotopic (exact) mass is 277 g/mol. The van der Waals surface area contributed by atoms with Gasteiger partial charge in [-0.05, 0) is 37.5 Å². The van der Waals surface area contributed by atoms with Gasteiger partial charge in [-0.3, -0.25) is 4.79 Å². The van der Waals surface area contributed by atoms with E-state index in [1.807, 2.05) is 18.2 Å². The highest BCUT2D eigenvalue weighted by molar-refractivity contribution is 9.10. The smallest absolute Gasteiger partial charge is 0.165 e. The lowest BCUT2D eigenvalue weighted by molar-refractivity contribution is 0.0983. The first kappa shape index (κ1) is 10.1. The summed E-state index contributed by atoms with van der Waals surface area (Å²) in [5.41, 5.74) is 3.12. The number of aromatic nitrogens is 1. The highest BCUT2D eigenvalue weighted by atomic mass is 79.9. The minimum atomic E-state index is 0.289. The number of hydrogen-bond acceptors (Lipinski definition) is 1. The maximum absolute atomic E-state index is 12.1. The molecule has 16 heavy (non-hydrogen) atoms. The van der Waals surface area contributed by atoms with Crippen LogP contribution in [0.15, 0.2) is 22.7 Å². The summed E-state index contributed by atoms with van der Waals surface area (Å²) in [6, 6.07) is 6.07. The molecule has 0 amide bonds. The molecule has 0 aliphatic heterocycles. The summed E-state index contributed by atoms with van der Waals surface area (Å²) in [6.45, 7) is 0. The summed E-state index contributed by atoms with van der Waals surface area (Å²) in [4.78, 5) is 15.4. The quantitative estimate of drug-likeness (QED) is 0.730. The second-order valence-corrected chi connectivity index (χ2v) is 5.21. The van der Waals surface area contributed by atoms with Crippen LogP contribution in [0.4, 0.5) is 0 Å². The molecule has 0 unspecified atom stereocenters. The van der Waals surface area contributed by atoms with Crippen molar-refractivity contribution in [2.75, 3.05) is 0 Å². The van der Waals surface area contributed by atoms with Crippen molar-refractivity contribution < 1.29 is 4.79 Å². The zero-order valence-corrected chi connectivity index (χ0v) is 10.4. The van der Waals surface area contributed by atoms with Gasteiger partial charge in [-0.15, -0.1) is 0 Å². The van der Waals surface area contributed by atoms with Crippen molar-refractivity contribution in [1.82, 2.24) is 4.98 Å². The van der Waals surface area contributed by atoms with Crippen LogP contribution in [0.5, 0.6) is 0 Å². The van der Waals surface area contributed by atoms with Crippen molar-refractivity contribution in [2.24, 2.45) is 0 Å². The zero-order chi connectivity index (χ0) is 11.1. The van der Waals surface area contributed by atoms with Crippen molar-refractivity contribution in [3.8, 4) is 0 Å². The van der Waals surface area contributed by atoms with Gasteiger partial charge in [0, 0.05) is 33.1 Å². The third kappa shape index (κ3) is 1.50. The molecule has 0 radical (unpaired) electrons. The van der Waals surface area contributed by atoms with Gasteiger partial charge in [0.15, 0.2) is 5.78 Å². The highest BCUT2D eigenvalue weighted by Crippen LogP contribution is 2.30. The Hall–Kier alpha value is -1.09. The summed E-state index contributed by atoms with van der Waals surface area (Å²) in [6.07, 6.45) is 3.80. The number of Topliss-reactive ketones (excluding diaryl/α,β-unsaturated/α-hetero) is 1. The number of hydrogen-bond donors (Lipinski definition) is 1. The molecule has 0 atom stereocenters. The van der Waals surface area contributed by atoms with Crippen LogP contribution in [0.1, 0.15) is 35.3 Å². The summed E-state index contributed by atoms with van der Waals surface area (Å²) in [7, 11) is 0. The summed E-state index contributed by atoms with van der Waals surface area (Å²) < 4.78 is 1.03. The number of rotatable bonds is 0. The van der Waals surface area contributed by atoms with Gasteiger partial charge in [-0.25, -0.2) is 0 Å². The predicted molar refractivity (Wildman–Crippen MR) is 67.9 cm³/mol. The van der Waals surface area contributed by atoms with Gasteiger partial charge in [0.25, 0.3) is 0 Å². The number of ketones is 1. The van der Waals surface area contributed by atoms with Crippen LogP contribution < -0.4 is 0 Å². The lowest BCUT2D eigenvalue weighted by Gasteiger charge is -1.97. The van der Waals surface area contributed by atoms with E-state index in [4.69, 9.17) is 0 Å². The maximum Gasteiger partial charge on any atom is 0.165 e. The second kappa shape index (κ2) is 3.74. The first-order valence-corrected chi connectivity index (χ1v) is 6.38. The standard InChI is InChI=1S/C13H12BrNO/c14-8-5-6-10-9(7-8)13-11(15-10)3-1-2-4-12(13)16/h5-7,15H,1-4H2. The van der Waals surface area contributed by atoms with E-state index in [1.165, 1.54) is 0 Å². The van der Waals surface area contributed by atoms with Crippen LogP contribution >= 0.6 is 15.9 Å². The number of benzene rings is 1. The van der Waals surface area contributed by atoms with Gasteiger partial charge in [0.1, 0.15) is 0 Å². The fourth-order valence-electron chi connectivity index (χ4n) is 2.44. The lowest BCUT2D eigenvalue weighted by Crippen LogP contribution is -1.97. The molecule has 2 nitrogen and oxygen atoms in total. The van der Waals surface area contributed by atoms with Crippen molar-refractivity contribution >= 4 is 32.6 Å². The fraction of sp³-hybridized carbons (Fsp3) is 0.308. The van der Waals surface area contributed by atoms with Crippen LogP contribution in [0.2, 0.25) is 0 Å². The van der Waals surface area contributed by atoms with E-state index in [9.17, 15) is 4.79 Å². The Balaban J connectivity index is 2.32. The molecular weight excluding hydrogens is 266 g/mol. The molecule has 3 heteroatoms. The molecule has 0 fully saturated rings. The van der Waals surface area contributed by atoms with Gasteiger partial charge >= 0.3 is 0 Å². The van der Waals surface area contributed by atoms with Crippen LogP contribution in [-0.4, -0.2) is 10.8 Å². The van der Waals surface area contributed by atoms with Crippen molar-refractivity contribution in [3.05, 3.63) is 33.9 Å². The first-order valence-electron chi connectivity index (χ1n) is 5.59. The Morgan fingerprint density at radius 1 is 1.19 bits per heavy atom. The topological polar surface area (TPSA) is 32.9 Å². The molecule has 3 rings (SSSR count). The molecule has 0 spiro atoms. The van der Waals surface area contributed by atoms with E-state index in [0.717, 1.165) is 45.9 Å². The fourth-order valence-corrected chi connectivity index (χ4v) is 2.80. The number of halogens is 1. The molecule has 1 aromatic heterocycles. The summed E-state index contributed by atoms with van der Waals surface area (Å²) >= 11 is 3.46. The molecule has 0 saturated carbocycles. The maximum atomic E-state index is 12.1. The van der Waals surface area contributed by atoms with Crippen LogP contribution in [0.3, 0.4) is 0 Å². The van der Waals surface area contributed by atoms with E-state index in [-0.39, 0.29) is 5.78 Å². The number of aryl methyl sites for hydroxylation is 1. The largest absolute Gasteiger partial charge is 0.358 e. The predicted octanol–water partition coefficient (Wildman–Crippen LogP) is 3.84. The van der Waals surface area contributed by atoms with Gasteiger partial charge in [0.2, 0.25) is 0 Å². The van der Waals surface area contributed by atoms with Gasteiger partial charge in [0.05, 0.1) is 0 Å². The molecule has 1 aromatic carbocycles. The van der Waals surface area contributed by atoms with Gasteiger partial charge in [-0.1, -0.05) is 15.9 Å². The highest BCUT2D eigenvalue weighted by Gasteiger charge is 2.20. The average molecular weight is 278 g/mol. The third-order valence-corrected chi connectivity index (χ3v) is 3.69. The normalized spacial score (nSPS) is 16.2. The Bertz CT molecular complexity index is 571. The van der Waals surface area contributed by atoms with Gasteiger partial charge in [-0.2, -0.15) is 0 Å². The zero-order valence-electron chi connectivity index (χ0n) is 8.85. The van der Waals surface area contributed by atoms with E-state index >= 15 is 0 Å². The Morgan fingerprint density at radius 3 is 2.88 bits per heavy atom. The molecule has 1 heterocycles. The van der Waals surface area contributed by atoms with Gasteiger partial charge < -0.3 is 4.98 Å².